The van der Waals surface area contributed by atoms with Crippen LogP contribution in [0.5, 0.6) is 0 Å². The van der Waals surface area contributed by atoms with Gasteiger partial charge in [-0.15, -0.1) is 0 Å². The Bertz CT molecular complexity index is 537. The van der Waals surface area contributed by atoms with E-state index in [1.165, 1.54) is 6.33 Å². The minimum absolute atomic E-state index is 0.0585. The first-order valence-electron chi connectivity index (χ1n) is 4.77. The summed E-state index contributed by atoms with van der Waals surface area (Å²) in [7, 11) is 0. The van der Waals surface area contributed by atoms with Crippen LogP contribution < -0.4 is 5.73 Å². The molecule has 88 valence electrons. The maximum absolute atomic E-state index is 13.5. The van der Waals surface area contributed by atoms with Gasteiger partial charge in [0.05, 0.1) is 4.90 Å². The molecule has 0 fully saturated rings. The molecule has 2 N–H and O–H groups in total. The van der Waals surface area contributed by atoms with E-state index in [1.54, 1.807) is 13.0 Å². The van der Waals surface area contributed by atoms with Crippen molar-refractivity contribution in [2.24, 2.45) is 0 Å². The molecule has 0 aliphatic heterocycles. The molecule has 0 bridgehead atoms. The number of nitrogens with two attached hydrogens (primary N) is 1. The van der Waals surface area contributed by atoms with Crippen molar-refractivity contribution in [3.8, 4) is 0 Å². The van der Waals surface area contributed by atoms with E-state index in [9.17, 15) is 8.78 Å². The second-order valence-electron chi connectivity index (χ2n) is 3.41. The van der Waals surface area contributed by atoms with E-state index in [4.69, 9.17) is 5.73 Å². The Kier molecular flexibility index (Phi) is 3.23. The zero-order chi connectivity index (χ0) is 12.4. The fraction of sp³-hybridized carbons (Fsp3) is 0.0909. The van der Waals surface area contributed by atoms with Gasteiger partial charge in [-0.25, -0.2) is 18.7 Å². The smallest absolute Gasteiger partial charge is 0.142 e. The number of nitrogen functional groups attached to an aromatic ring is 1. The highest BCUT2D eigenvalue weighted by molar-refractivity contribution is 7.99. The molecule has 1 heterocycles. The van der Waals surface area contributed by atoms with E-state index in [0.717, 1.165) is 29.6 Å². The largest absolute Gasteiger partial charge is 0.399 e. The van der Waals surface area contributed by atoms with Crippen LogP contribution in [0.4, 0.5) is 14.5 Å². The second-order valence-corrected chi connectivity index (χ2v) is 4.44. The monoisotopic (exact) mass is 253 g/mol. The average molecular weight is 253 g/mol. The number of nitrogens with zero attached hydrogens (tertiary/aromatic N) is 2. The van der Waals surface area contributed by atoms with Gasteiger partial charge in [0, 0.05) is 11.4 Å². The Hall–Kier alpha value is -1.69. The molecule has 1 aromatic carbocycles. The summed E-state index contributed by atoms with van der Waals surface area (Å²) in [6.07, 6.45) is 1.35. The zero-order valence-corrected chi connectivity index (χ0v) is 9.76. The predicted octanol–water partition coefficient (Wildman–Crippen LogP) is 2.80. The first-order chi connectivity index (χ1) is 8.06. The van der Waals surface area contributed by atoms with Gasteiger partial charge in [0.15, 0.2) is 0 Å². The van der Waals surface area contributed by atoms with E-state index >= 15 is 0 Å². The topological polar surface area (TPSA) is 51.8 Å². The Morgan fingerprint density at radius 1 is 1.12 bits per heavy atom. The summed E-state index contributed by atoms with van der Waals surface area (Å²) < 4.78 is 27.0. The molecule has 1 aromatic heterocycles. The normalized spacial score (nSPS) is 10.5. The van der Waals surface area contributed by atoms with Crippen molar-refractivity contribution in [2.75, 3.05) is 5.73 Å². The van der Waals surface area contributed by atoms with Crippen molar-refractivity contribution in [2.45, 2.75) is 16.8 Å². The Balaban J connectivity index is 2.36. The quantitative estimate of drug-likeness (QED) is 0.660. The lowest BCUT2D eigenvalue weighted by atomic mass is 10.3. The van der Waals surface area contributed by atoms with Gasteiger partial charge in [-0.05, 0) is 25.1 Å². The van der Waals surface area contributed by atoms with E-state index in [2.05, 4.69) is 9.97 Å². The molecule has 0 spiro atoms. The molecular formula is C11H9F2N3S. The Labute approximate surface area is 101 Å². The van der Waals surface area contributed by atoms with Crippen molar-refractivity contribution in [1.82, 2.24) is 9.97 Å². The van der Waals surface area contributed by atoms with E-state index in [-0.39, 0.29) is 10.6 Å². The number of hydrogen-bond donors (Lipinski definition) is 1. The number of anilines is 1. The Morgan fingerprint density at radius 2 is 1.76 bits per heavy atom. The van der Waals surface area contributed by atoms with Crippen LogP contribution in [0.1, 0.15) is 5.69 Å². The van der Waals surface area contributed by atoms with Gasteiger partial charge in [0.2, 0.25) is 0 Å². The molecular weight excluding hydrogens is 244 g/mol. The molecule has 17 heavy (non-hydrogen) atoms. The van der Waals surface area contributed by atoms with Crippen molar-refractivity contribution < 1.29 is 8.78 Å². The summed E-state index contributed by atoms with van der Waals surface area (Å²) in [6, 6.07) is 3.82. The van der Waals surface area contributed by atoms with Gasteiger partial charge < -0.3 is 5.73 Å². The minimum atomic E-state index is -0.691. The molecule has 2 aromatic rings. The molecule has 6 heteroatoms. The molecule has 0 aliphatic carbocycles. The van der Waals surface area contributed by atoms with Gasteiger partial charge >= 0.3 is 0 Å². The van der Waals surface area contributed by atoms with Crippen molar-refractivity contribution in [1.29, 1.82) is 0 Å². The third-order valence-corrected chi connectivity index (χ3v) is 3.03. The molecule has 0 saturated carbocycles. The van der Waals surface area contributed by atoms with Gasteiger partial charge in [-0.1, -0.05) is 11.8 Å². The maximum atomic E-state index is 13.5. The standard InChI is InChI=1S/C11H9F2N3S/c1-6-2-10(16-5-15-6)17-11-8(12)3-7(14)4-9(11)13/h2-5H,14H2,1H3. The fourth-order valence-corrected chi connectivity index (χ4v) is 2.12. The highest BCUT2D eigenvalue weighted by Crippen LogP contribution is 2.32. The number of aryl methyl sites for hydroxylation is 1. The predicted molar refractivity (Wildman–Crippen MR) is 61.7 cm³/mol. The van der Waals surface area contributed by atoms with Gasteiger partial charge in [0.25, 0.3) is 0 Å². The number of aromatic nitrogens is 2. The maximum Gasteiger partial charge on any atom is 0.142 e. The third-order valence-electron chi connectivity index (χ3n) is 2.01. The van der Waals surface area contributed by atoms with Crippen LogP contribution >= 0.6 is 11.8 Å². The lowest BCUT2D eigenvalue weighted by molar-refractivity contribution is 0.541. The van der Waals surface area contributed by atoms with Crippen molar-refractivity contribution >= 4 is 17.4 Å². The summed E-state index contributed by atoms with van der Waals surface area (Å²) >= 11 is 0.907. The average Bonchev–Trinajstić information content (AvgIpc) is 2.23. The number of halogens is 2. The van der Waals surface area contributed by atoms with Gasteiger partial charge in [0.1, 0.15) is 23.0 Å². The summed E-state index contributed by atoms with van der Waals surface area (Å²) in [6.45, 7) is 1.78. The van der Waals surface area contributed by atoms with Crippen LogP contribution in [0, 0.1) is 18.6 Å². The molecule has 0 saturated heterocycles. The third kappa shape index (κ3) is 2.71. The van der Waals surface area contributed by atoms with Crippen molar-refractivity contribution in [3.63, 3.8) is 0 Å². The first-order valence-corrected chi connectivity index (χ1v) is 5.59. The SMILES string of the molecule is Cc1cc(Sc2c(F)cc(N)cc2F)ncn1. The number of rotatable bonds is 2. The van der Waals surface area contributed by atoms with Crippen LogP contribution in [0.25, 0.3) is 0 Å². The van der Waals surface area contributed by atoms with Crippen LogP contribution in [-0.4, -0.2) is 9.97 Å². The lowest BCUT2D eigenvalue weighted by Crippen LogP contribution is -1.94. The second kappa shape index (κ2) is 4.67. The summed E-state index contributed by atoms with van der Waals surface area (Å²) in [5, 5.41) is 0.486. The highest BCUT2D eigenvalue weighted by Gasteiger charge is 2.12. The van der Waals surface area contributed by atoms with Gasteiger partial charge in [-0.3, -0.25) is 0 Å². The molecule has 3 nitrogen and oxygen atoms in total. The molecule has 0 unspecified atom stereocenters. The van der Waals surface area contributed by atoms with E-state index < -0.39 is 11.6 Å². The van der Waals surface area contributed by atoms with Crippen LogP contribution in [0.3, 0.4) is 0 Å². The van der Waals surface area contributed by atoms with Crippen LogP contribution in [0.15, 0.2) is 34.4 Å². The zero-order valence-electron chi connectivity index (χ0n) is 8.95. The van der Waals surface area contributed by atoms with Crippen LogP contribution in [0.2, 0.25) is 0 Å². The lowest BCUT2D eigenvalue weighted by Gasteiger charge is -2.05. The van der Waals surface area contributed by atoms with E-state index in [0.29, 0.717) is 5.03 Å². The molecule has 0 atom stereocenters. The Morgan fingerprint density at radius 3 is 2.35 bits per heavy atom. The van der Waals surface area contributed by atoms with E-state index in [1.807, 2.05) is 0 Å². The number of benzene rings is 1. The summed E-state index contributed by atoms with van der Waals surface area (Å²) in [4.78, 5) is 7.72. The molecule has 2 rings (SSSR count). The highest BCUT2D eigenvalue weighted by atomic mass is 32.2. The van der Waals surface area contributed by atoms with Gasteiger partial charge in [-0.2, -0.15) is 0 Å². The molecule has 0 aliphatic rings. The molecule has 0 amide bonds. The first kappa shape index (κ1) is 11.8. The number of hydrogen-bond acceptors (Lipinski definition) is 4. The summed E-state index contributed by atoms with van der Waals surface area (Å²) in [5.74, 6) is -1.38. The summed E-state index contributed by atoms with van der Waals surface area (Å²) in [5.41, 5.74) is 6.12. The molecule has 0 radical (unpaired) electrons. The minimum Gasteiger partial charge on any atom is -0.399 e. The van der Waals surface area contributed by atoms with Crippen LogP contribution in [-0.2, 0) is 0 Å². The fourth-order valence-electron chi connectivity index (χ4n) is 1.27. The van der Waals surface area contributed by atoms with Crippen molar-refractivity contribution in [3.05, 3.63) is 41.9 Å².